The zero-order valence-electron chi connectivity index (χ0n) is 11.3. The zero-order chi connectivity index (χ0) is 13.8. The van der Waals surface area contributed by atoms with Crippen LogP contribution in [-0.4, -0.2) is 25.6 Å². The average Bonchev–Trinajstić information content (AvgIpc) is 2.85. The minimum absolute atomic E-state index is 0.0681. The SMILES string of the molecule is CCCOc1cc(N)cc(N2CCC(C(N)=O)C2)c1. The van der Waals surface area contributed by atoms with E-state index in [9.17, 15) is 4.79 Å². The Morgan fingerprint density at radius 3 is 2.89 bits per heavy atom. The summed E-state index contributed by atoms with van der Waals surface area (Å²) in [5.74, 6) is 0.481. The number of carbonyl (C=O) groups is 1. The Morgan fingerprint density at radius 2 is 2.26 bits per heavy atom. The monoisotopic (exact) mass is 263 g/mol. The fourth-order valence-corrected chi connectivity index (χ4v) is 2.32. The van der Waals surface area contributed by atoms with Crippen molar-refractivity contribution >= 4 is 17.3 Å². The summed E-state index contributed by atoms with van der Waals surface area (Å²) in [6.07, 6.45) is 1.76. The third-order valence-electron chi connectivity index (χ3n) is 3.34. The van der Waals surface area contributed by atoms with Crippen LogP contribution in [0.4, 0.5) is 11.4 Å². The molecule has 0 aliphatic carbocycles. The van der Waals surface area contributed by atoms with Crippen molar-refractivity contribution in [3.63, 3.8) is 0 Å². The number of amides is 1. The maximum absolute atomic E-state index is 11.2. The predicted molar refractivity (Wildman–Crippen MR) is 76.2 cm³/mol. The van der Waals surface area contributed by atoms with Crippen LogP contribution in [0.25, 0.3) is 0 Å². The second kappa shape index (κ2) is 5.82. The summed E-state index contributed by atoms with van der Waals surface area (Å²) in [7, 11) is 0. The van der Waals surface area contributed by atoms with Crippen LogP contribution in [-0.2, 0) is 4.79 Å². The van der Waals surface area contributed by atoms with Crippen molar-refractivity contribution < 1.29 is 9.53 Å². The first-order chi connectivity index (χ1) is 9.10. The molecule has 1 saturated heterocycles. The van der Waals surface area contributed by atoms with Crippen LogP contribution in [0.1, 0.15) is 19.8 Å². The van der Waals surface area contributed by atoms with Crippen molar-refractivity contribution in [3.8, 4) is 5.75 Å². The van der Waals surface area contributed by atoms with E-state index < -0.39 is 0 Å². The Morgan fingerprint density at radius 1 is 1.47 bits per heavy atom. The topological polar surface area (TPSA) is 81.6 Å². The molecular weight excluding hydrogens is 242 g/mol. The van der Waals surface area contributed by atoms with Crippen LogP contribution in [0.15, 0.2) is 18.2 Å². The zero-order valence-corrected chi connectivity index (χ0v) is 11.3. The first-order valence-corrected chi connectivity index (χ1v) is 6.67. The van der Waals surface area contributed by atoms with Crippen molar-refractivity contribution in [2.24, 2.45) is 11.7 Å². The number of carbonyl (C=O) groups excluding carboxylic acids is 1. The number of hydrogen-bond donors (Lipinski definition) is 2. The molecule has 0 aromatic heterocycles. The minimum atomic E-state index is -0.228. The number of nitrogens with two attached hydrogens (primary N) is 2. The number of hydrogen-bond acceptors (Lipinski definition) is 4. The van der Waals surface area contributed by atoms with Crippen molar-refractivity contribution in [2.45, 2.75) is 19.8 Å². The van der Waals surface area contributed by atoms with Gasteiger partial charge in [0.2, 0.25) is 5.91 Å². The number of ether oxygens (including phenoxy) is 1. The molecule has 2 rings (SSSR count). The standard InChI is InChI=1S/C14H21N3O2/c1-2-5-19-13-7-11(15)6-12(8-13)17-4-3-10(9-17)14(16)18/h6-8,10H,2-5,9,15H2,1H3,(H2,16,18). The van der Waals surface area contributed by atoms with Crippen LogP contribution < -0.4 is 21.1 Å². The number of benzene rings is 1. The first kappa shape index (κ1) is 13.5. The van der Waals surface area contributed by atoms with E-state index >= 15 is 0 Å². The molecule has 0 spiro atoms. The molecule has 1 amide bonds. The third kappa shape index (κ3) is 3.30. The van der Waals surface area contributed by atoms with Crippen LogP contribution in [0, 0.1) is 5.92 Å². The number of rotatable bonds is 5. The molecule has 1 atom stereocenters. The van der Waals surface area contributed by atoms with Crippen molar-refractivity contribution in [2.75, 3.05) is 30.3 Å². The molecular formula is C14H21N3O2. The summed E-state index contributed by atoms with van der Waals surface area (Å²) in [5.41, 5.74) is 12.9. The second-order valence-electron chi connectivity index (χ2n) is 4.94. The van der Waals surface area contributed by atoms with Gasteiger partial charge >= 0.3 is 0 Å². The highest BCUT2D eigenvalue weighted by Gasteiger charge is 2.27. The van der Waals surface area contributed by atoms with Gasteiger partial charge in [-0.25, -0.2) is 0 Å². The second-order valence-corrected chi connectivity index (χ2v) is 4.94. The molecule has 1 fully saturated rings. The molecule has 104 valence electrons. The molecule has 1 aliphatic heterocycles. The fraction of sp³-hybridized carbons (Fsp3) is 0.500. The molecule has 5 nitrogen and oxygen atoms in total. The van der Waals surface area contributed by atoms with E-state index in [4.69, 9.17) is 16.2 Å². The molecule has 0 saturated carbocycles. The van der Waals surface area contributed by atoms with E-state index in [1.165, 1.54) is 0 Å². The third-order valence-corrected chi connectivity index (χ3v) is 3.34. The van der Waals surface area contributed by atoms with Gasteiger partial charge in [-0.05, 0) is 18.9 Å². The number of nitrogens with zero attached hydrogens (tertiary/aromatic N) is 1. The van der Waals surface area contributed by atoms with Crippen LogP contribution >= 0.6 is 0 Å². The summed E-state index contributed by atoms with van der Waals surface area (Å²) in [6, 6.07) is 5.69. The van der Waals surface area contributed by atoms with Crippen LogP contribution in [0.5, 0.6) is 5.75 Å². The molecule has 19 heavy (non-hydrogen) atoms. The van der Waals surface area contributed by atoms with E-state index in [1.54, 1.807) is 0 Å². The van der Waals surface area contributed by atoms with Crippen molar-refractivity contribution in [3.05, 3.63) is 18.2 Å². The van der Waals surface area contributed by atoms with E-state index in [2.05, 4.69) is 11.8 Å². The van der Waals surface area contributed by atoms with Gasteiger partial charge in [0.1, 0.15) is 5.75 Å². The fourth-order valence-electron chi connectivity index (χ4n) is 2.32. The molecule has 1 aromatic carbocycles. The van der Waals surface area contributed by atoms with Gasteiger partial charge in [-0.15, -0.1) is 0 Å². The van der Waals surface area contributed by atoms with Crippen LogP contribution in [0.2, 0.25) is 0 Å². The lowest BCUT2D eigenvalue weighted by Crippen LogP contribution is -2.27. The molecule has 1 aliphatic rings. The van der Waals surface area contributed by atoms with Gasteiger partial charge in [0.05, 0.1) is 12.5 Å². The van der Waals surface area contributed by atoms with Gasteiger partial charge in [0.15, 0.2) is 0 Å². The molecule has 1 heterocycles. The van der Waals surface area contributed by atoms with E-state index in [0.29, 0.717) is 18.8 Å². The Balaban J connectivity index is 2.11. The molecule has 0 bridgehead atoms. The highest BCUT2D eigenvalue weighted by molar-refractivity contribution is 5.78. The van der Waals surface area contributed by atoms with Crippen molar-refractivity contribution in [1.29, 1.82) is 0 Å². The Kier molecular flexibility index (Phi) is 4.14. The Labute approximate surface area is 113 Å². The first-order valence-electron chi connectivity index (χ1n) is 6.67. The molecule has 4 N–H and O–H groups in total. The number of nitrogen functional groups attached to an aromatic ring is 1. The highest BCUT2D eigenvalue weighted by Crippen LogP contribution is 2.29. The molecule has 1 unspecified atom stereocenters. The summed E-state index contributed by atoms with van der Waals surface area (Å²) >= 11 is 0. The smallest absolute Gasteiger partial charge is 0.222 e. The van der Waals surface area contributed by atoms with E-state index in [-0.39, 0.29) is 11.8 Å². The maximum Gasteiger partial charge on any atom is 0.222 e. The Bertz CT molecular complexity index is 462. The summed E-state index contributed by atoms with van der Waals surface area (Å²) in [4.78, 5) is 13.3. The van der Waals surface area contributed by atoms with Crippen molar-refractivity contribution in [1.82, 2.24) is 0 Å². The van der Waals surface area contributed by atoms with E-state index in [1.807, 2.05) is 18.2 Å². The lowest BCUT2D eigenvalue weighted by Gasteiger charge is -2.20. The molecule has 1 aromatic rings. The van der Waals surface area contributed by atoms with Gasteiger partial charge in [0.25, 0.3) is 0 Å². The van der Waals surface area contributed by atoms with Gasteiger partial charge < -0.3 is 21.1 Å². The lowest BCUT2D eigenvalue weighted by atomic mass is 10.1. The summed E-state index contributed by atoms with van der Waals surface area (Å²) in [6.45, 7) is 4.22. The molecule has 5 heteroatoms. The lowest BCUT2D eigenvalue weighted by molar-refractivity contribution is -0.121. The van der Waals surface area contributed by atoms with Crippen LogP contribution in [0.3, 0.4) is 0 Å². The number of primary amides is 1. The normalized spacial score (nSPS) is 18.6. The largest absolute Gasteiger partial charge is 0.493 e. The minimum Gasteiger partial charge on any atom is -0.493 e. The van der Waals surface area contributed by atoms with Gasteiger partial charge in [0, 0.05) is 36.6 Å². The van der Waals surface area contributed by atoms with E-state index in [0.717, 1.165) is 30.8 Å². The summed E-state index contributed by atoms with van der Waals surface area (Å²) < 4.78 is 5.61. The predicted octanol–water partition coefficient (Wildman–Crippen LogP) is 1.37. The number of anilines is 2. The molecule has 0 radical (unpaired) electrons. The van der Waals surface area contributed by atoms with Gasteiger partial charge in [-0.2, -0.15) is 0 Å². The summed E-state index contributed by atoms with van der Waals surface area (Å²) in [5, 5.41) is 0. The Hall–Kier alpha value is -1.91. The quantitative estimate of drug-likeness (QED) is 0.786. The highest BCUT2D eigenvalue weighted by atomic mass is 16.5. The van der Waals surface area contributed by atoms with Gasteiger partial charge in [-0.3, -0.25) is 4.79 Å². The average molecular weight is 263 g/mol. The maximum atomic E-state index is 11.2. The van der Waals surface area contributed by atoms with Gasteiger partial charge in [-0.1, -0.05) is 6.92 Å².